The monoisotopic (exact) mass is 468 g/mol. The molecule has 7 nitrogen and oxygen atoms in total. The molecule has 1 aliphatic heterocycles. The van der Waals surface area contributed by atoms with Crippen molar-refractivity contribution in [2.75, 3.05) is 23.1 Å². The highest BCUT2D eigenvalue weighted by atomic mass is 32.2. The molecule has 1 aromatic heterocycles. The maximum absolute atomic E-state index is 13.0. The molecule has 0 bridgehead atoms. The molecule has 1 aliphatic rings. The van der Waals surface area contributed by atoms with E-state index in [1.54, 1.807) is 19.1 Å². The highest BCUT2D eigenvalue weighted by Gasteiger charge is 2.35. The highest BCUT2D eigenvalue weighted by Crippen LogP contribution is 2.41. The molecular weight excluding hydrogens is 444 g/mol. The molecule has 166 valence electrons. The molecule has 4 rings (SSSR count). The molecule has 9 heteroatoms. The zero-order valence-corrected chi connectivity index (χ0v) is 19.3. The predicted octanol–water partition coefficient (Wildman–Crippen LogP) is 3.51. The summed E-state index contributed by atoms with van der Waals surface area (Å²) >= 11 is 1.19. The number of fused-ring (bicyclic) bond motifs is 3. The Morgan fingerprint density at radius 3 is 2.62 bits per heavy atom. The Morgan fingerprint density at radius 2 is 1.84 bits per heavy atom. The van der Waals surface area contributed by atoms with Crippen molar-refractivity contribution < 1.29 is 13.2 Å². The summed E-state index contributed by atoms with van der Waals surface area (Å²) < 4.78 is 27.4. The Bertz CT molecular complexity index is 1220. The summed E-state index contributed by atoms with van der Waals surface area (Å²) in [4.78, 5) is 21.0. The van der Waals surface area contributed by atoms with Crippen LogP contribution in [0.25, 0.3) is 11.3 Å². The van der Waals surface area contributed by atoms with E-state index in [4.69, 9.17) is 0 Å². The molecule has 0 spiro atoms. The fourth-order valence-electron chi connectivity index (χ4n) is 3.63. The van der Waals surface area contributed by atoms with Crippen molar-refractivity contribution in [3.05, 3.63) is 66.4 Å². The smallest absolute Gasteiger partial charge is 0.268 e. The van der Waals surface area contributed by atoms with Crippen molar-refractivity contribution in [1.82, 2.24) is 15.3 Å². The molecule has 0 radical (unpaired) electrons. The fraction of sp³-hybridized carbons (Fsp3) is 0.261. The minimum atomic E-state index is -3.71. The van der Waals surface area contributed by atoms with Crippen LogP contribution in [-0.4, -0.2) is 43.1 Å². The van der Waals surface area contributed by atoms with E-state index in [9.17, 15) is 13.2 Å². The number of anilines is 1. The number of benzene rings is 2. The molecule has 0 aliphatic carbocycles. The summed E-state index contributed by atoms with van der Waals surface area (Å²) in [5, 5.41) is 3.28. The zero-order chi connectivity index (χ0) is 22.6. The van der Waals surface area contributed by atoms with Crippen LogP contribution >= 0.6 is 11.8 Å². The second-order valence-corrected chi connectivity index (χ2v) is 10.1. The number of aryl methyl sites for hydroxylation is 1. The molecule has 0 saturated carbocycles. The third-order valence-electron chi connectivity index (χ3n) is 5.16. The fourth-order valence-corrected chi connectivity index (χ4v) is 5.86. The van der Waals surface area contributed by atoms with Crippen molar-refractivity contribution in [2.24, 2.45) is 0 Å². The first-order chi connectivity index (χ1) is 15.5. The van der Waals surface area contributed by atoms with Crippen LogP contribution in [0.5, 0.6) is 0 Å². The molecule has 0 atom stereocenters. The van der Waals surface area contributed by atoms with Crippen LogP contribution in [0.2, 0.25) is 0 Å². The minimum Gasteiger partial charge on any atom is -0.355 e. The number of thioether (sulfide) groups is 1. The lowest BCUT2D eigenvalue weighted by Gasteiger charge is -2.30. The molecule has 0 saturated heterocycles. The average Bonchev–Trinajstić information content (AvgIpc) is 2.81. The number of hydrogen-bond acceptors (Lipinski definition) is 6. The van der Waals surface area contributed by atoms with Gasteiger partial charge in [-0.25, -0.2) is 18.4 Å². The summed E-state index contributed by atoms with van der Waals surface area (Å²) in [6.07, 6.45) is 3.11. The molecule has 1 amide bonds. The van der Waals surface area contributed by atoms with Crippen LogP contribution < -0.4 is 9.62 Å². The van der Waals surface area contributed by atoms with Crippen LogP contribution in [0, 0.1) is 0 Å². The normalized spacial score (nSPS) is 13.8. The predicted molar refractivity (Wildman–Crippen MR) is 126 cm³/mol. The van der Waals surface area contributed by atoms with Gasteiger partial charge in [-0.15, -0.1) is 0 Å². The SMILES string of the molecule is CCN1c2ccccc2-c2nc(SCC(=O)NCCCc3ccccc3)ncc2S1(=O)=O. The van der Waals surface area contributed by atoms with Gasteiger partial charge in [-0.05, 0) is 31.4 Å². The maximum atomic E-state index is 13.0. The van der Waals surface area contributed by atoms with E-state index < -0.39 is 10.0 Å². The Hall–Kier alpha value is -2.91. The van der Waals surface area contributed by atoms with Crippen LogP contribution in [0.1, 0.15) is 18.9 Å². The van der Waals surface area contributed by atoms with Gasteiger partial charge in [0.2, 0.25) is 5.91 Å². The number of carbonyl (C=O) groups is 1. The van der Waals surface area contributed by atoms with Crippen LogP contribution in [0.15, 0.2) is 70.8 Å². The van der Waals surface area contributed by atoms with Crippen molar-refractivity contribution in [1.29, 1.82) is 0 Å². The number of para-hydroxylation sites is 1. The Kier molecular flexibility index (Phi) is 6.76. The largest absolute Gasteiger partial charge is 0.355 e. The second kappa shape index (κ2) is 9.70. The molecule has 2 heterocycles. The Labute approximate surface area is 192 Å². The number of nitrogens with zero attached hydrogens (tertiary/aromatic N) is 3. The summed E-state index contributed by atoms with van der Waals surface area (Å²) in [6.45, 7) is 2.71. The van der Waals surface area contributed by atoms with Gasteiger partial charge in [0.25, 0.3) is 10.0 Å². The van der Waals surface area contributed by atoms with Crippen molar-refractivity contribution in [3.8, 4) is 11.3 Å². The Balaban J connectivity index is 1.40. The van der Waals surface area contributed by atoms with E-state index >= 15 is 0 Å². The van der Waals surface area contributed by atoms with E-state index in [-0.39, 0.29) is 16.6 Å². The van der Waals surface area contributed by atoms with E-state index in [1.807, 2.05) is 30.3 Å². The third-order valence-corrected chi connectivity index (χ3v) is 7.91. The number of amides is 1. The summed E-state index contributed by atoms with van der Waals surface area (Å²) in [5.41, 5.74) is 2.98. The molecule has 1 N–H and O–H groups in total. The molecular formula is C23H24N4O3S2. The number of hydrogen-bond donors (Lipinski definition) is 1. The van der Waals surface area contributed by atoms with Crippen LogP contribution in [0.4, 0.5) is 5.69 Å². The molecule has 2 aromatic carbocycles. The molecule has 0 unspecified atom stereocenters. The van der Waals surface area contributed by atoms with Crippen LogP contribution in [0.3, 0.4) is 0 Å². The first-order valence-electron chi connectivity index (χ1n) is 10.4. The average molecular weight is 469 g/mol. The number of rotatable bonds is 8. The quantitative estimate of drug-likeness (QED) is 0.309. The summed E-state index contributed by atoms with van der Waals surface area (Å²) in [7, 11) is -3.71. The molecule has 0 fully saturated rings. The van der Waals surface area contributed by atoms with Gasteiger partial charge in [0, 0.05) is 18.7 Å². The maximum Gasteiger partial charge on any atom is 0.268 e. The zero-order valence-electron chi connectivity index (χ0n) is 17.7. The van der Waals surface area contributed by atoms with Gasteiger partial charge in [0.1, 0.15) is 4.90 Å². The van der Waals surface area contributed by atoms with Gasteiger partial charge < -0.3 is 5.32 Å². The number of sulfonamides is 1. The minimum absolute atomic E-state index is 0.0905. The molecule has 32 heavy (non-hydrogen) atoms. The topological polar surface area (TPSA) is 92.3 Å². The lowest BCUT2D eigenvalue weighted by atomic mass is 10.1. The van der Waals surface area contributed by atoms with E-state index in [1.165, 1.54) is 27.8 Å². The first-order valence-corrected chi connectivity index (χ1v) is 12.9. The van der Waals surface area contributed by atoms with Crippen molar-refractivity contribution in [2.45, 2.75) is 29.8 Å². The van der Waals surface area contributed by atoms with E-state index in [0.29, 0.717) is 29.6 Å². The third kappa shape index (κ3) is 4.63. The van der Waals surface area contributed by atoms with E-state index in [0.717, 1.165) is 18.4 Å². The Morgan fingerprint density at radius 1 is 1.09 bits per heavy atom. The van der Waals surface area contributed by atoms with Crippen LogP contribution in [-0.2, 0) is 21.2 Å². The van der Waals surface area contributed by atoms with Gasteiger partial charge in [-0.3, -0.25) is 9.10 Å². The number of nitrogens with one attached hydrogen (secondary N) is 1. The molecule has 3 aromatic rings. The second-order valence-electron chi connectivity index (χ2n) is 7.28. The van der Waals surface area contributed by atoms with Gasteiger partial charge in [-0.1, -0.05) is 60.3 Å². The lowest BCUT2D eigenvalue weighted by molar-refractivity contribution is -0.118. The van der Waals surface area contributed by atoms with Gasteiger partial charge >= 0.3 is 0 Å². The standard InChI is InChI=1S/C23H24N4O3S2/c1-2-27-19-13-7-6-12-18(19)22-20(32(27,29)30)15-25-23(26-22)31-16-21(28)24-14-8-11-17-9-4-3-5-10-17/h3-7,9-10,12-13,15H,2,8,11,14,16H2,1H3,(H,24,28). The number of aromatic nitrogens is 2. The first kappa shape index (κ1) is 22.3. The van der Waals surface area contributed by atoms with Gasteiger partial charge in [0.15, 0.2) is 5.16 Å². The summed E-state index contributed by atoms with van der Waals surface area (Å²) in [5.74, 6) is 0.0640. The number of carbonyl (C=O) groups excluding carboxylic acids is 1. The highest BCUT2D eigenvalue weighted by molar-refractivity contribution is 7.99. The summed E-state index contributed by atoms with van der Waals surface area (Å²) in [6, 6.07) is 17.4. The lowest BCUT2D eigenvalue weighted by Crippen LogP contribution is -2.34. The van der Waals surface area contributed by atoms with Crippen molar-refractivity contribution in [3.63, 3.8) is 0 Å². The van der Waals surface area contributed by atoms with Gasteiger partial charge in [-0.2, -0.15) is 0 Å². The van der Waals surface area contributed by atoms with E-state index in [2.05, 4.69) is 27.4 Å². The van der Waals surface area contributed by atoms with Gasteiger partial charge in [0.05, 0.1) is 23.3 Å². The van der Waals surface area contributed by atoms with Crippen molar-refractivity contribution >= 4 is 33.4 Å².